The van der Waals surface area contributed by atoms with Crippen LogP contribution >= 0.6 is 0 Å². The molecule has 0 aromatic heterocycles. The van der Waals surface area contributed by atoms with Gasteiger partial charge >= 0.3 is 8.80 Å². The van der Waals surface area contributed by atoms with Crippen molar-refractivity contribution in [2.75, 3.05) is 19.8 Å². The summed E-state index contributed by atoms with van der Waals surface area (Å²) in [6.07, 6.45) is 3.67. The first-order chi connectivity index (χ1) is 10.1. The lowest BCUT2D eigenvalue weighted by Gasteiger charge is -2.28. The van der Waals surface area contributed by atoms with Gasteiger partial charge in [-0.25, -0.2) is 0 Å². The quantitative estimate of drug-likeness (QED) is 0.609. The van der Waals surface area contributed by atoms with Crippen LogP contribution in [0.1, 0.15) is 37.5 Å². The van der Waals surface area contributed by atoms with E-state index in [1.54, 1.807) is 0 Å². The number of rotatable bonds is 10. The van der Waals surface area contributed by atoms with Crippen molar-refractivity contribution in [3.05, 3.63) is 48.0 Å². The van der Waals surface area contributed by atoms with Crippen LogP contribution in [0.15, 0.2) is 31.4 Å². The zero-order chi connectivity index (χ0) is 15.7. The van der Waals surface area contributed by atoms with E-state index < -0.39 is 8.80 Å². The molecule has 0 N–H and O–H groups in total. The van der Waals surface area contributed by atoms with E-state index in [-0.39, 0.29) is 0 Å². The highest BCUT2D eigenvalue weighted by Gasteiger charge is 2.40. The maximum atomic E-state index is 5.90. The first-order valence-electron chi connectivity index (χ1n) is 7.43. The summed E-state index contributed by atoms with van der Waals surface area (Å²) in [6, 6.07) is 6.90. The molecule has 0 saturated heterocycles. The van der Waals surface area contributed by atoms with Gasteiger partial charge in [0.25, 0.3) is 0 Å². The molecule has 0 aliphatic heterocycles. The molecule has 1 rings (SSSR count). The third-order valence-corrected chi connectivity index (χ3v) is 6.05. The van der Waals surface area contributed by atoms with E-state index >= 15 is 0 Å². The van der Waals surface area contributed by atoms with Crippen molar-refractivity contribution in [1.82, 2.24) is 0 Å². The molecule has 0 amide bonds. The van der Waals surface area contributed by atoms with E-state index in [4.69, 9.17) is 13.3 Å². The average molecular weight is 306 g/mol. The second-order valence-corrected chi connectivity index (χ2v) is 7.16. The molecule has 3 nitrogen and oxygen atoms in total. The highest BCUT2D eigenvalue weighted by Crippen LogP contribution is 2.20. The summed E-state index contributed by atoms with van der Waals surface area (Å²) in [5, 5.41) is 0. The molecule has 0 atom stereocenters. The van der Waals surface area contributed by atoms with Crippen molar-refractivity contribution < 1.29 is 13.3 Å². The Morgan fingerprint density at radius 1 is 0.857 bits per heavy atom. The smallest absolute Gasteiger partial charge is 0.374 e. The van der Waals surface area contributed by atoms with Gasteiger partial charge in [-0.2, -0.15) is 0 Å². The van der Waals surface area contributed by atoms with Gasteiger partial charge in [-0.05, 0) is 43.5 Å². The van der Waals surface area contributed by atoms with Gasteiger partial charge in [0.05, 0.1) is 0 Å². The molecule has 21 heavy (non-hydrogen) atoms. The number of hydrogen-bond donors (Lipinski definition) is 0. The first kappa shape index (κ1) is 17.8. The number of benzene rings is 1. The Morgan fingerprint density at radius 2 is 1.29 bits per heavy atom. The van der Waals surface area contributed by atoms with Crippen LogP contribution in [0.4, 0.5) is 0 Å². The lowest BCUT2D eigenvalue weighted by Crippen LogP contribution is -2.48. The van der Waals surface area contributed by atoms with Gasteiger partial charge in [0, 0.05) is 25.9 Å². The molecule has 1 aromatic rings. The van der Waals surface area contributed by atoms with Crippen molar-refractivity contribution in [2.24, 2.45) is 0 Å². The predicted molar refractivity (Wildman–Crippen MR) is 91.0 cm³/mol. The van der Waals surface area contributed by atoms with Crippen LogP contribution in [-0.4, -0.2) is 28.6 Å². The Hall–Kier alpha value is -1.20. The van der Waals surface area contributed by atoms with Crippen LogP contribution in [0.25, 0.3) is 12.2 Å². The predicted octanol–water partition coefficient (Wildman–Crippen LogP) is 4.10. The molecule has 116 valence electrons. The summed E-state index contributed by atoms with van der Waals surface area (Å²) >= 11 is 0. The Kier molecular flexibility index (Phi) is 7.60. The summed E-state index contributed by atoms with van der Waals surface area (Å²) in [4.78, 5) is 0. The molecule has 0 bridgehead atoms. The van der Waals surface area contributed by atoms with Gasteiger partial charge in [0.15, 0.2) is 0 Å². The van der Waals surface area contributed by atoms with Gasteiger partial charge in [0.1, 0.15) is 0 Å². The minimum atomic E-state index is -2.68. The third-order valence-electron chi connectivity index (χ3n) is 3.02. The minimum Gasteiger partial charge on any atom is -0.374 e. The molecule has 0 aliphatic carbocycles. The third kappa shape index (κ3) is 5.25. The lowest BCUT2D eigenvalue weighted by atomic mass is 10.1. The second kappa shape index (κ2) is 8.95. The van der Waals surface area contributed by atoms with Gasteiger partial charge in [0.2, 0.25) is 0 Å². The lowest BCUT2D eigenvalue weighted by molar-refractivity contribution is 0.0704. The summed E-state index contributed by atoms with van der Waals surface area (Å²) in [7, 11) is -2.68. The summed E-state index contributed by atoms with van der Waals surface area (Å²) in [6.45, 7) is 15.3. The maximum absolute atomic E-state index is 5.90. The molecule has 0 aliphatic rings. The SMILES string of the molecule is C=Cc1cc(C=C)cc(C[Si](OCC)(OCC)OCC)c1. The van der Waals surface area contributed by atoms with Crippen LogP contribution in [0.5, 0.6) is 0 Å². The fourth-order valence-electron chi connectivity index (χ4n) is 2.27. The monoisotopic (exact) mass is 306 g/mol. The van der Waals surface area contributed by atoms with E-state index in [0.29, 0.717) is 25.9 Å². The van der Waals surface area contributed by atoms with Crippen LogP contribution in [0.2, 0.25) is 0 Å². The largest absolute Gasteiger partial charge is 0.505 e. The van der Waals surface area contributed by atoms with Crippen molar-refractivity contribution in [3.63, 3.8) is 0 Å². The van der Waals surface area contributed by atoms with Gasteiger partial charge < -0.3 is 13.3 Å². The molecule has 1 aromatic carbocycles. The summed E-state index contributed by atoms with van der Waals surface area (Å²) in [5.74, 6) is 0. The molecule has 0 fully saturated rings. The van der Waals surface area contributed by atoms with Gasteiger partial charge in [-0.15, -0.1) is 0 Å². The molecule has 0 unspecified atom stereocenters. The van der Waals surface area contributed by atoms with Gasteiger partial charge in [-0.3, -0.25) is 0 Å². The maximum Gasteiger partial charge on any atom is 0.505 e. The van der Waals surface area contributed by atoms with Crippen molar-refractivity contribution in [2.45, 2.75) is 26.8 Å². The molecule has 0 heterocycles. The molecule has 0 saturated carbocycles. The first-order valence-corrected chi connectivity index (χ1v) is 9.36. The second-order valence-electron chi connectivity index (χ2n) is 4.58. The van der Waals surface area contributed by atoms with Crippen LogP contribution in [0, 0.1) is 0 Å². The van der Waals surface area contributed by atoms with Crippen LogP contribution < -0.4 is 0 Å². The normalized spacial score (nSPS) is 11.4. The Morgan fingerprint density at radius 3 is 1.62 bits per heavy atom. The minimum absolute atomic E-state index is 0.585. The summed E-state index contributed by atoms with van der Waals surface area (Å²) in [5.41, 5.74) is 3.26. The Labute approximate surface area is 129 Å². The zero-order valence-electron chi connectivity index (χ0n) is 13.4. The van der Waals surface area contributed by atoms with E-state index in [1.165, 1.54) is 0 Å². The summed E-state index contributed by atoms with van der Waals surface area (Å²) < 4.78 is 17.7. The van der Waals surface area contributed by atoms with E-state index in [0.717, 1.165) is 16.7 Å². The van der Waals surface area contributed by atoms with Crippen LogP contribution in [0.3, 0.4) is 0 Å². The van der Waals surface area contributed by atoms with E-state index in [1.807, 2.05) is 32.9 Å². The average Bonchev–Trinajstić information content (AvgIpc) is 2.47. The Bertz CT molecular complexity index is 428. The molecule has 4 heteroatoms. The highest BCUT2D eigenvalue weighted by atomic mass is 28.4. The molecule has 0 spiro atoms. The standard InChI is InChI=1S/C17H26O3Si/c1-6-15-11-16(7-2)13-17(12-15)14-21(18-8-3,19-9-4)20-10-5/h6-7,11-13H,1-2,8-10,14H2,3-5H3. The molecular weight excluding hydrogens is 280 g/mol. The van der Waals surface area contributed by atoms with Crippen molar-refractivity contribution in [3.8, 4) is 0 Å². The van der Waals surface area contributed by atoms with Crippen molar-refractivity contribution in [1.29, 1.82) is 0 Å². The molecule has 0 radical (unpaired) electrons. The van der Waals surface area contributed by atoms with E-state index in [2.05, 4.69) is 31.4 Å². The zero-order valence-corrected chi connectivity index (χ0v) is 14.4. The Balaban J connectivity index is 3.11. The number of hydrogen-bond acceptors (Lipinski definition) is 3. The van der Waals surface area contributed by atoms with Gasteiger partial charge in [-0.1, -0.05) is 37.4 Å². The fraction of sp³-hybridized carbons (Fsp3) is 0.412. The fourth-order valence-corrected chi connectivity index (χ4v) is 4.85. The highest BCUT2D eigenvalue weighted by molar-refractivity contribution is 6.60. The van der Waals surface area contributed by atoms with Crippen molar-refractivity contribution >= 4 is 21.0 Å². The van der Waals surface area contributed by atoms with Crippen LogP contribution in [-0.2, 0) is 19.3 Å². The molecular formula is C17H26O3Si. The topological polar surface area (TPSA) is 27.7 Å². The van der Waals surface area contributed by atoms with E-state index in [9.17, 15) is 0 Å².